The normalized spacial score (nSPS) is 11.6. The smallest absolute Gasteiger partial charge is 0.337 e. The number of hydrogen-bond acceptors (Lipinski definition) is 2. The molecule has 0 aliphatic heterocycles. The highest BCUT2D eigenvalue weighted by molar-refractivity contribution is 6.04. The van der Waals surface area contributed by atoms with Crippen LogP contribution in [-0.4, -0.2) is 27.4 Å². The molecule has 0 saturated heterocycles. The third-order valence-electron chi connectivity index (χ3n) is 4.50. The molecule has 23 heavy (non-hydrogen) atoms. The van der Waals surface area contributed by atoms with Crippen molar-refractivity contribution in [3.05, 3.63) is 34.5 Å². The van der Waals surface area contributed by atoms with E-state index in [2.05, 4.69) is 38.3 Å². The van der Waals surface area contributed by atoms with Gasteiger partial charge in [0.25, 0.3) is 0 Å². The molecule has 0 aliphatic rings. The van der Waals surface area contributed by atoms with Crippen LogP contribution in [0.15, 0.2) is 12.1 Å². The SMILES string of the molecule is CCCn1c(C)c(CCCO)c2cc(C(C)C)cc(C(=O)O)c21. The van der Waals surface area contributed by atoms with Crippen molar-refractivity contribution in [1.82, 2.24) is 4.57 Å². The van der Waals surface area contributed by atoms with Gasteiger partial charge >= 0.3 is 5.97 Å². The number of aromatic carboxylic acids is 1. The van der Waals surface area contributed by atoms with Crippen LogP contribution in [0.3, 0.4) is 0 Å². The monoisotopic (exact) mass is 317 g/mol. The Balaban J connectivity index is 2.83. The largest absolute Gasteiger partial charge is 0.478 e. The minimum atomic E-state index is -0.874. The lowest BCUT2D eigenvalue weighted by Gasteiger charge is -2.11. The second-order valence-electron chi connectivity index (χ2n) is 6.47. The summed E-state index contributed by atoms with van der Waals surface area (Å²) in [6, 6.07) is 3.95. The number of nitrogens with zero attached hydrogens (tertiary/aromatic N) is 1. The van der Waals surface area contributed by atoms with Crippen LogP contribution in [0.2, 0.25) is 0 Å². The zero-order chi connectivity index (χ0) is 17.1. The van der Waals surface area contributed by atoms with Gasteiger partial charge in [0.1, 0.15) is 0 Å². The first-order valence-electron chi connectivity index (χ1n) is 8.42. The van der Waals surface area contributed by atoms with Gasteiger partial charge in [-0.25, -0.2) is 4.79 Å². The van der Waals surface area contributed by atoms with Crippen LogP contribution in [0, 0.1) is 6.92 Å². The van der Waals surface area contributed by atoms with E-state index in [0.717, 1.165) is 41.5 Å². The Morgan fingerprint density at radius 3 is 2.52 bits per heavy atom. The number of fused-ring (bicyclic) bond motifs is 1. The van der Waals surface area contributed by atoms with Crippen LogP contribution >= 0.6 is 0 Å². The molecule has 0 atom stereocenters. The van der Waals surface area contributed by atoms with Gasteiger partial charge in [-0.1, -0.05) is 20.8 Å². The molecule has 0 saturated carbocycles. The van der Waals surface area contributed by atoms with Gasteiger partial charge in [-0.2, -0.15) is 0 Å². The summed E-state index contributed by atoms with van der Waals surface area (Å²) >= 11 is 0. The Morgan fingerprint density at radius 1 is 1.30 bits per heavy atom. The molecule has 4 nitrogen and oxygen atoms in total. The van der Waals surface area contributed by atoms with E-state index in [4.69, 9.17) is 0 Å². The number of aliphatic hydroxyl groups is 1. The minimum absolute atomic E-state index is 0.148. The maximum atomic E-state index is 11.8. The average Bonchev–Trinajstić information content (AvgIpc) is 2.77. The van der Waals surface area contributed by atoms with Gasteiger partial charge in [0.2, 0.25) is 0 Å². The summed E-state index contributed by atoms with van der Waals surface area (Å²) in [5.74, 6) is -0.598. The number of aromatic nitrogens is 1. The third kappa shape index (κ3) is 3.27. The van der Waals surface area contributed by atoms with Crippen molar-refractivity contribution in [2.75, 3.05) is 6.61 Å². The number of aliphatic hydroxyl groups excluding tert-OH is 1. The predicted octanol–water partition coefficient (Wildman–Crippen LogP) is 4.11. The molecule has 0 amide bonds. The molecule has 4 heteroatoms. The highest BCUT2D eigenvalue weighted by Crippen LogP contribution is 2.33. The van der Waals surface area contributed by atoms with E-state index in [1.165, 1.54) is 5.56 Å². The molecule has 0 aliphatic carbocycles. The molecule has 2 aromatic rings. The van der Waals surface area contributed by atoms with Crippen molar-refractivity contribution in [2.45, 2.75) is 59.4 Å². The molecule has 1 aromatic heterocycles. The minimum Gasteiger partial charge on any atom is -0.478 e. The number of carboxylic acid groups (broad SMARTS) is 1. The Bertz CT molecular complexity index is 713. The summed E-state index contributed by atoms with van der Waals surface area (Å²) < 4.78 is 2.13. The molecule has 0 unspecified atom stereocenters. The molecular weight excluding hydrogens is 290 g/mol. The Labute approximate surface area is 137 Å². The van der Waals surface area contributed by atoms with Crippen LogP contribution in [0.1, 0.15) is 66.7 Å². The number of rotatable bonds is 7. The maximum absolute atomic E-state index is 11.8. The van der Waals surface area contributed by atoms with E-state index >= 15 is 0 Å². The van der Waals surface area contributed by atoms with Crippen molar-refractivity contribution in [3.63, 3.8) is 0 Å². The Morgan fingerprint density at radius 2 is 2.00 bits per heavy atom. The lowest BCUT2D eigenvalue weighted by Crippen LogP contribution is -2.06. The molecule has 1 aromatic carbocycles. The van der Waals surface area contributed by atoms with E-state index in [0.29, 0.717) is 12.0 Å². The molecule has 0 radical (unpaired) electrons. The fourth-order valence-electron chi connectivity index (χ4n) is 3.27. The van der Waals surface area contributed by atoms with E-state index in [1.54, 1.807) is 0 Å². The lowest BCUT2D eigenvalue weighted by atomic mass is 9.95. The first-order chi connectivity index (χ1) is 10.9. The standard InChI is InChI=1S/C19H27NO3/c1-5-8-20-13(4)15(7-6-9-21)16-10-14(12(2)3)11-17(18(16)20)19(22)23/h10-12,21H,5-9H2,1-4H3,(H,22,23). The molecule has 0 fully saturated rings. The van der Waals surface area contributed by atoms with Crippen molar-refractivity contribution in [2.24, 2.45) is 0 Å². The van der Waals surface area contributed by atoms with Gasteiger partial charge in [-0.15, -0.1) is 0 Å². The topological polar surface area (TPSA) is 62.5 Å². The van der Waals surface area contributed by atoms with Crippen molar-refractivity contribution in [3.8, 4) is 0 Å². The van der Waals surface area contributed by atoms with Crippen LogP contribution in [0.25, 0.3) is 10.9 Å². The van der Waals surface area contributed by atoms with Gasteiger partial charge in [0.15, 0.2) is 0 Å². The van der Waals surface area contributed by atoms with E-state index < -0.39 is 5.97 Å². The molecule has 2 rings (SSSR count). The summed E-state index contributed by atoms with van der Waals surface area (Å²) in [5.41, 5.74) is 4.56. The molecule has 126 valence electrons. The summed E-state index contributed by atoms with van der Waals surface area (Å²) in [4.78, 5) is 11.8. The first-order valence-corrected chi connectivity index (χ1v) is 8.42. The van der Waals surface area contributed by atoms with E-state index in [-0.39, 0.29) is 12.5 Å². The van der Waals surface area contributed by atoms with Crippen LogP contribution < -0.4 is 0 Å². The highest BCUT2D eigenvalue weighted by Gasteiger charge is 2.21. The maximum Gasteiger partial charge on any atom is 0.337 e. The Kier molecular flexibility index (Phi) is 5.47. The fraction of sp³-hybridized carbons (Fsp3) is 0.526. The highest BCUT2D eigenvalue weighted by atomic mass is 16.4. The second kappa shape index (κ2) is 7.18. The molecular formula is C19H27NO3. The van der Waals surface area contributed by atoms with Crippen LogP contribution in [-0.2, 0) is 13.0 Å². The lowest BCUT2D eigenvalue weighted by molar-refractivity contribution is 0.0698. The molecule has 2 N–H and O–H groups in total. The zero-order valence-electron chi connectivity index (χ0n) is 14.5. The summed E-state index contributed by atoms with van der Waals surface area (Å²) in [7, 11) is 0. The average molecular weight is 317 g/mol. The van der Waals surface area contributed by atoms with Crippen LogP contribution in [0.5, 0.6) is 0 Å². The molecule has 0 spiro atoms. The van der Waals surface area contributed by atoms with Crippen molar-refractivity contribution >= 4 is 16.9 Å². The van der Waals surface area contributed by atoms with Gasteiger partial charge in [0, 0.05) is 24.2 Å². The van der Waals surface area contributed by atoms with Gasteiger partial charge in [0.05, 0.1) is 11.1 Å². The summed E-state index contributed by atoms with van der Waals surface area (Å²) in [5, 5.41) is 19.9. The number of carbonyl (C=O) groups is 1. The van der Waals surface area contributed by atoms with Crippen molar-refractivity contribution in [1.29, 1.82) is 0 Å². The number of hydrogen-bond donors (Lipinski definition) is 2. The third-order valence-corrected chi connectivity index (χ3v) is 4.50. The van der Waals surface area contributed by atoms with E-state index in [9.17, 15) is 15.0 Å². The Hall–Kier alpha value is -1.81. The quantitative estimate of drug-likeness (QED) is 0.808. The van der Waals surface area contributed by atoms with Crippen molar-refractivity contribution < 1.29 is 15.0 Å². The number of benzene rings is 1. The predicted molar refractivity (Wildman–Crippen MR) is 93.4 cm³/mol. The van der Waals surface area contributed by atoms with Crippen LogP contribution in [0.4, 0.5) is 0 Å². The van der Waals surface area contributed by atoms with Gasteiger partial charge < -0.3 is 14.8 Å². The molecule has 0 bridgehead atoms. The van der Waals surface area contributed by atoms with E-state index in [1.807, 2.05) is 6.07 Å². The first kappa shape index (κ1) is 17.5. The van der Waals surface area contributed by atoms with Gasteiger partial charge in [-0.3, -0.25) is 0 Å². The fourth-order valence-corrected chi connectivity index (χ4v) is 3.27. The number of aryl methyl sites for hydroxylation is 2. The summed E-state index contributed by atoms with van der Waals surface area (Å²) in [6.07, 6.45) is 2.42. The molecule has 1 heterocycles. The zero-order valence-corrected chi connectivity index (χ0v) is 14.5. The number of carboxylic acids is 1. The summed E-state index contributed by atoms with van der Waals surface area (Å²) in [6.45, 7) is 9.27. The second-order valence-corrected chi connectivity index (χ2v) is 6.47. The van der Waals surface area contributed by atoms with Gasteiger partial charge in [-0.05, 0) is 55.4 Å².